The Hall–Kier alpha value is -9.58. The first kappa shape index (κ1) is 32.9. The van der Waals surface area contributed by atoms with Gasteiger partial charge in [0.15, 0.2) is 0 Å². The Kier molecular flexibility index (Phi) is 8.23. The van der Waals surface area contributed by atoms with Crippen molar-refractivity contribution in [3.8, 4) is 84.3 Å². The van der Waals surface area contributed by atoms with E-state index in [0.29, 0.717) is 39.3 Å². The van der Waals surface area contributed by atoms with Crippen LogP contribution in [0.5, 0.6) is 11.5 Å². The molecule has 0 saturated heterocycles. The van der Waals surface area contributed by atoms with Crippen molar-refractivity contribution >= 4 is 32.8 Å². The predicted octanol–water partition coefficient (Wildman–Crippen LogP) is 18.9. The fourth-order valence-corrected chi connectivity index (χ4v) is 10.1. The van der Waals surface area contributed by atoms with Crippen molar-refractivity contribution in [2.75, 3.05) is 0 Å². The van der Waals surface area contributed by atoms with E-state index in [9.17, 15) is 9.60 Å². The number of ether oxygens (including phenoxy) is 1. The molecule has 3 heterocycles. The molecule has 0 aliphatic heterocycles. The monoisotopic (exact) mass is 1040 g/mol. The quantitative estimate of drug-likeness (QED) is 0.101. The maximum Gasteiger partial charge on any atom is 0.269 e. The largest absolute Gasteiger partial charge is 0.458 e. The lowest BCUT2D eigenvalue weighted by Crippen LogP contribution is -2.31. The number of imidazole rings is 1. The first-order valence-corrected chi connectivity index (χ1v) is 25.8. The molecule has 5 heteroatoms. The number of nitrogens with zero attached hydrogens (tertiary/aromatic N) is 4. The second-order valence-electron chi connectivity index (χ2n) is 21.3. The second kappa shape index (κ2) is 19.8. The fraction of sp³-hybridized carbons (Fsp3) is 0.108. The summed E-state index contributed by atoms with van der Waals surface area (Å²) in [7, 11) is 0. The van der Waals surface area contributed by atoms with E-state index in [0.717, 1.165) is 38.8 Å². The van der Waals surface area contributed by atoms with Crippen molar-refractivity contribution in [1.82, 2.24) is 14.1 Å². The average Bonchev–Trinajstić information content (AvgIpc) is 1.65. The van der Waals surface area contributed by atoms with Crippen LogP contribution in [0.1, 0.15) is 77.3 Å². The molecule has 382 valence electrons. The maximum absolute atomic E-state index is 10.3. The molecule has 0 radical (unpaired) electrons. The summed E-state index contributed by atoms with van der Waals surface area (Å²) in [6.07, 6.45) is 5.38. The van der Waals surface area contributed by atoms with E-state index in [1.807, 2.05) is 72.9 Å². The molecule has 0 unspecified atom stereocenters. The third-order valence-electron chi connectivity index (χ3n) is 14.1. The summed E-state index contributed by atoms with van der Waals surface area (Å²) in [5.74, 6) is 1.59. The van der Waals surface area contributed by atoms with Gasteiger partial charge in [-0.15, -0.1) is 0 Å². The van der Waals surface area contributed by atoms with Gasteiger partial charge in [0.05, 0.1) is 58.1 Å². The molecule has 10 aromatic carbocycles. The molecule has 0 saturated carbocycles. The highest BCUT2D eigenvalue weighted by atomic mass is 16.5. The maximum atomic E-state index is 10.3. The van der Waals surface area contributed by atoms with Gasteiger partial charge in [-0.2, -0.15) is 0 Å². The number of pyridine rings is 1. The van der Waals surface area contributed by atoms with E-state index in [1.54, 1.807) is 63.7 Å². The zero-order chi connectivity index (χ0) is 69.5. The van der Waals surface area contributed by atoms with Crippen molar-refractivity contribution in [2.45, 2.75) is 52.4 Å². The van der Waals surface area contributed by atoms with E-state index in [4.69, 9.17) is 24.8 Å². The third-order valence-corrected chi connectivity index (χ3v) is 14.1. The van der Waals surface area contributed by atoms with Crippen molar-refractivity contribution in [3.63, 3.8) is 0 Å². The lowest BCUT2D eigenvalue weighted by molar-refractivity contribution is -0.571. The number of benzene rings is 10. The molecule has 0 aliphatic rings. The Morgan fingerprint density at radius 3 is 1.75 bits per heavy atom. The van der Waals surface area contributed by atoms with Gasteiger partial charge in [0.25, 0.3) is 6.33 Å². The smallest absolute Gasteiger partial charge is 0.269 e. The van der Waals surface area contributed by atoms with E-state index >= 15 is 0 Å². The Labute approximate surface area is 488 Å². The van der Waals surface area contributed by atoms with Crippen LogP contribution in [0, 0.1) is 6.33 Å². The lowest BCUT2D eigenvalue weighted by atomic mass is 9.84. The fourth-order valence-electron chi connectivity index (χ4n) is 10.1. The summed E-state index contributed by atoms with van der Waals surface area (Å²) in [5.41, 5.74) is 3.18. The van der Waals surface area contributed by atoms with Crippen molar-refractivity contribution < 1.29 is 34.0 Å². The van der Waals surface area contributed by atoms with Crippen LogP contribution in [0.4, 0.5) is 0 Å². The van der Waals surface area contributed by atoms with Gasteiger partial charge < -0.3 is 4.74 Å². The Morgan fingerprint density at radius 1 is 0.456 bits per heavy atom. The van der Waals surface area contributed by atoms with Crippen LogP contribution < -0.4 is 9.30 Å². The number of rotatable bonds is 10. The van der Waals surface area contributed by atoms with Crippen LogP contribution in [0.15, 0.2) is 254 Å². The standard InChI is InChI=1S/C74H60N4O/c1-73(2,3)58-28-18-27-54(44-58)63-32-20-33-64(57-42-55(51-23-12-8-13-24-51)41-56(43-57)52-25-14-9-15-26-52)72(63)77-49-76(70-45-53(35-38-68(70)77)50-21-10-7-11-22-50)60-29-19-30-61(47-60)79-62-36-37-66-65-31-16-17-34-67(65)78(69(66)48-62)71-46-59(39-40-75-71)74(4,5)6/h7-48H,1-6H3/i7D,8D,9D,10D,11D,12D,13D,14D,15D,21D,22D,23D,24D,25D,26D,41D,42D,43D. The van der Waals surface area contributed by atoms with Gasteiger partial charge in [-0.25, -0.2) is 4.98 Å². The molecule has 5 nitrogen and oxygen atoms in total. The van der Waals surface area contributed by atoms with Crippen LogP contribution in [0.3, 0.4) is 0 Å². The summed E-state index contributed by atoms with van der Waals surface area (Å²) in [6, 6.07) is 30.3. The van der Waals surface area contributed by atoms with Gasteiger partial charge in [0.1, 0.15) is 17.3 Å². The normalized spacial score (nSPS) is 15.1. The molecule has 79 heavy (non-hydrogen) atoms. The highest BCUT2D eigenvalue weighted by Gasteiger charge is 2.24. The summed E-state index contributed by atoms with van der Waals surface area (Å²) >= 11 is 0. The van der Waals surface area contributed by atoms with Crippen LogP contribution in [0.25, 0.3) is 106 Å². The minimum atomic E-state index is -0.810. The first-order valence-electron chi connectivity index (χ1n) is 34.8. The molecule has 13 rings (SSSR count). The molecule has 13 aromatic rings. The van der Waals surface area contributed by atoms with E-state index in [1.165, 1.54) is 0 Å². The SMILES string of the molecule is [2H]c1c([2H])c([2H])c(-c2ccc3c(c2)n(-c2cccc(Oc4ccc5c6ccccc6n(-c6cc(C(C)(C)C)ccn6)c5c4)c2)[c-][n+]3-c2c(-c3cccc(C(C)(C)C)c3)cccc2-c2c([2H])c(-c3c([2H])c([2H])c([2H])c([2H])c3[2H])c([2H])c(-c3c([2H])c([2H])c([2H])c([2H])c3[2H])c2[2H])c([2H])c1[2H]. The highest BCUT2D eigenvalue weighted by molar-refractivity contribution is 6.09. The lowest BCUT2D eigenvalue weighted by Gasteiger charge is -2.22. The van der Waals surface area contributed by atoms with E-state index in [-0.39, 0.29) is 33.4 Å². The number of para-hydroxylation sites is 2. The summed E-state index contributed by atoms with van der Waals surface area (Å²) in [6.45, 7) is 12.6. The van der Waals surface area contributed by atoms with Gasteiger partial charge in [-0.05, 0) is 150 Å². The zero-order valence-electron chi connectivity index (χ0n) is 62.1. The highest BCUT2D eigenvalue weighted by Crippen LogP contribution is 2.41. The minimum absolute atomic E-state index is 0.0520. The molecular weight excluding hydrogens is 961 g/mol. The van der Waals surface area contributed by atoms with Crippen LogP contribution in [-0.4, -0.2) is 14.1 Å². The Bertz CT molecular complexity index is 5350. The second-order valence-corrected chi connectivity index (χ2v) is 21.3. The molecule has 0 bridgehead atoms. The molecule has 0 spiro atoms. The molecule has 3 aromatic heterocycles. The van der Waals surface area contributed by atoms with Gasteiger partial charge in [0, 0.05) is 23.0 Å². The van der Waals surface area contributed by atoms with Gasteiger partial charge in [0.2, 0.25) is 0 Å². The molecule has 0 atom stereocenters. The van der Waals surface area contributed by atoms with Gasteiger partial charge >= 0.3 is 0 Å². The van der Waals surface area contributed by atoms with Crippen molar-refractivity contribution in [3.05, 3.63) is 272 Å². The molecular formula is C74H60N4O. The Balaban J connectivity index is 1.11. The van der Waals surface area contributed by atoms with Crippen LogP contribution in [-0.2, 0) is 10.8 Å². The Morgan fingerprint density at radius 2 is 1.05 bits per heavy atom. The van der Waals surface area contributed by atoms with Gasteiger partial charge in [-0.3, -0.25) is 13.7 Å². The van der Waals surface area contributed by atoms with Crippen LogP contribution in [0.2, 0.25) is 0 Å². The zero-order valence-corrected chi connectivity index (χ0v) is 44.1. The minimum Gasteiger partial charge on any atom is -0.458 e. The van der Waals surface area contributed by atoms with E-state index < -0.39 is 136 Å². The molecule has 0 aliphatic carbocycles. The number of hydrogen-bond donors (Lipinski definition) is 0. The molecule has 0 N–H and O–H groups in total. The summed E-state index contributed by atoms with van der Waals surface area (Å²) in [5, 5.41) is 1.99. The van der Waals surface area contributed by atoms with Crippen molar-refractivity contribution in [2.24, 2.45) is 0 Å². The number of fused-ring (bicyclic) bond motifs is 4. The topological polar surface area (TPSA) is 35.9 Å². The van der Waals surface area contributed by atoms with E-state index in [2.05, 4.69) is 70.6 Å². The molecule has 0 amide bonds. The predicted molar refractivity (Wildman–Crippen MR) is 327 cm³/mol. The first-order chi connectivity index (χ1) is 45.9. The third kappa shape index (κ3) is 9.38. The average molecular weight is 1040 g/mol. The van der Waals surface area contributed by atoms with Crippen LogP contribution >= 0.6 is 0 Å². The summed E-state index contributed by atoms with van der Waals surface area (Å²) < 4.78 is 176. The number of aromatic nitrogens is 4. The number of hydrogen-bond acceptors (Lipinski definition) is 2. The van der Waals surface area contributed by atoms with Gasteiger partial charge in [-0.1, -0.05) is 211 Å². The molecule has 0 fully saturated rings. The summed E-state index contributed by atoms with van der Waals surface area (Å²) in [4.78, 5) is 4.86. The van der Waals surface area contributed by atoms with Crippen molar-refractivity contribution in [1.29, 1.82) is 0 Å².